The van der Waals surface area contributed by atoms with Crippen molar-refractivity contribution in [2.75, 3.05) is 51.8 Å². The first kappa shape index (κ1) is 20.7. The number of aromatic nitrogens is 1. The van der Waals surface area contributed by atoms with E-state index < -0.39 is 0 Å². The van der Waals surface area contributed by atoms with E-state index in [1.807, 2.05) is 18.3 Å². The summed E-state index contributed by atoms with van der Waals surface area (Å²) in [6, 6.07) is 9.13. The van der Waals surface area contributed by atoms with Crippen LogP contribution in [0.2, 0.25) is 0 Å². The zero-order chi connectivity index (χ0) is 20.6. The second-order valence-electron chi connectivity index (χ2n) is 6.96. The third kappa shape index (κ3) is 5.48. The molecule has 1 aromatic carbocycles. The van der Waals surface area contributed by atoms with Crippen molar-refractivity contribution in [3.8, 4) is 11.5 Å². The van der Waals surface area contributed by atoms with Gasteiger partial charge in [-0.2, -0.15) is 0 Å². The van der Waals surface area contributed by atoms with Crippen LogP contribution < -0.4 is 19.7 Å². The van der Waals surface area contributed by atoms with E-state index in [1.165, 1.54) is 0 Å². The molecule has 1 aromatic heterocycles. The van der Waals surface area contributed by atoms with Crippen molar-refractivity contribution >= 4 is 11.7 Å². The summed E-state index contributed by atoms with van der Waals surface area (Å²) in [5.74, 6) is 1.89. The molecule has 1 fully saturated rings. The monoisotopic (exact) mass is 396 g/mol. The molecule has 7 heteroatoms. The lowest BCUT2D eigenvalue weighted by atomic mass is 10.1. The van der Waals surface area contributed by atoms with E-state index in [-0.39, 0.29) is 5.91 Å². The standard InChI is InChI=1S/C22H28N4O3/c1-4-13-29-19-7-6-18(14-20(19)28-3)22(27)24-16-17-5-8-21(23-15-17)26-11-9-25(2)10-12-26/h4-8,14-15H,1,9-13,16H2,2-3H3,(H,24,27). The molecule has 1 aliphatic heterocycles. The molecule has 0 radical (unpaired) electrons. The van der Waals surface area contributed by atoms with Crippen LogP contribution in [0.25, 0.3) is 0 Å². The maximum Gasteiger partial charge on any atom is 0.251 e. The van der Waals surface area contributed by atoms with E-state index in [2.05, 4.69) is 33.7 Å². The van der Waals surface area contributed by atoms with Gasteiger partial charge in [0.05, 0.1) is 7.11 Å². The van der Waals surface area contributed by atoms with Crippen molar-refractivity contribution in [3.63, 3.8) is 0 Å². The number of pyridine rings is 1. The maximum atomic E-state index is 12.5. The van der Waals surface area contributed by atoms with Gasteiger partial charge in [0.25, 0.3) is 5.91 Å². The molecule has 0 aliphatic carbocycles. The lowest BCUT2D eigenvalue weighted by Gasteiger charge is -2.33. The fraction of sp³-hybridized carbons (Fsp3) is 0.364. The number of benzene rings is 1. The van der Waals surface area contributed by atoms with Crippen molar-refractivity contribution in [1.29, 1.82) is 0 Å². The van der Waals surface area contributed by atoms with Gasteiger partial charge in [0.1, 0.15) is 12.4 Å². The van der Waals surface area contributed by atoms with Crippen molar-refractivity contribution in [2.24, 2.45) is 0 Å². The quantitative estimate of drug-likeness (QED) is 0.691. The molecule has 0 atom stereocenters. The van der Waals surface area contributed by atoms with Gasteiger partial charge in [0.15, 0.2) is 11.5 Å². The third-order valence-corrected chi connectivity index (χ3v) is 4.87. The lowest BCUT2D eigenvalue weighted by Crippen LogP contribution is -2.44. The number of nitrogens with one attached hydrogen (secondary N) is 1. The molecule has 1 saturated heterocycles. The summed E-state index contributed by atoms with van der Waals surface area (Å²) in [6.45, 7) is 8.45. The molecule has 2 aromatic rings. The highest BCUT2D eigenvalue weighted by Gasteiger charge is 2.15. The minimum Gasteiger partial charge on any atom is -0.493 e. The number of carbonyl (C=O) groups excluding carboxylic acids is 1. The molecule has 0 saturated carbocycles. The van der Waals surface area contributed by atoms with Gasteiger partial charge in [-0.3, -0.25) is 4.79 Å². The zero-order valence-electron chi connectivity index (χ0n) is 17.1. The number of piperazine rings is 1. The number of rotatable bonds is 8. The second-order valence-corrected chi connectivity index (χ2v) is 6.96. The zero-order valence-corrected chi connectivity index (χ0v) is 17.1. The average Bonchev–Trinajstić information content (AvgIpc) is 2.77. The summed E-state index contributed by atoms with van der Waals surface area (Å²) in [5.41, 5.74) is 1.46. The molecule has 0 spiro atoms. The van der Waals surface area contributed by atoms with Crippen LogP contribution in [0, 0.1) is 0 Å². The summed E-state index contributed by atoms with van der Waals surface area (Å²) in [5, 5.41) is 2.92. The number of hydrogen-bond acceptors (Lipinski definition) is 6. The smallest absolute Gasteiger partial charge is 0.251 e. The maximum absolute atomic E-state index is 12.5. The topological polar surface area (TPSA) is 66.9 Å². The Kier molecular flexibility index (Phi) is 7.08. The molecule has 7 nitrogen and oxygen atoms in total. The number of anilines is 1. The van der Waals surface area contributed by atoms with Crippen molar-refractivity contribution in [3.05, 3.63) is 60.3 Å². The van der Waals surface area contributed by atoms with E-state index in [0.717, 1.165) is 37.6 Å². The minimum atomic E-state index is -0.179. The highest BCUT2D eigenvalue weighted by Crippen LogP contribution is 2.28. The first-order valence-corrected chi connectivity index (χ1v) is 9.69. The molecular weight excluding hydrogens is 368 g/mol. The summed E-state index contributed by atoms with van der Waals surface area (Å²) >= 11 is 0. The van der Waals surface area contributed by atoms with Gasteiger partial charge in [-0.15, -0.1) is 0 Å². The number of methoxy groups -OCH3 is 1. The highest BCUT2D eigenvalue weighted by molar-refractivity contribution is 5.94. The number of carbonyl (C=O) groups is 1. The third-order valence-electron chi connectivity index (χ3n) is 4.87. The van der Waals surface area contributed by atoms with Gasteiger partial charge in [-0.1, -0.05) is 18.7 Å². The van der Waals surface area contributed by atoms with Crippen molar-refractivity contribution in [1.82, 2.24) is 15.2 Å². The second kappa shape index (κ2) is 9.93. The molecule has 0 bridgehead atoms. The number of amides is 1. The Morgan fingerprint density at radius 3 is 2.66 bits per heavy atom. The fourth-order valence-corrected chi connectivity index (χ4v) is 3.11. The number of ether oxygens (including phenoxy) is 2. The molecule has 154 valence electrons. The van der Waals surface area contributed by atoms with Crippen LogP contribution in [0.15, 0.2) is 49.2 Å². The van der Waals surface area contributed by atoms with Crippen LogP contribution in [0.5, 0.6) is 11.5 Å². The van der Waals surface area contributed by atoms with Crippen LogP contribution in [0.3, 0.4) is 0 Å². The first-order valence-electron chi connectivity index (χ1n) is 9.69. The number of hydrogen-bond donors (Lipinski definition) is 1. The number of likely N-dealkylation sites (N-methyl/N-ethyl adjacent to an activating group) is 1. The predicted octanol–water partition coefficient (Wildman–Crippen LogP) is 2.34. The van der Waals surface area contributed by atoms with Crippen LogP contribution in [0.4, 0.5) is 5.82 Å². The van der Waals surface area contributed by atoms with E-state index in [9.17, 15) is 4.79 Å². The Morgan fingerprint density at radius 2 is 2.00 bits per heavy atom. The normalized spacial score (nSPS) is 14.3. The summed E-state index contributed by atoms with van der Waals surface area (Å²) < 4.78 is 10.8. The SMILES string of the molecule is C=CCOc1ccc(C(=O)NCc2ccc(N3CCN(C)CC3)nc2)cc1OC. The lowest BCUT2D eigenvalue weighted by molar-refractivity contribution is 0.0950. The summed E-state index contributed by atoms with van der Waals surface area (Å²) in [7, 11) is 3.68. The largest absolute Gasteiger partial charge is 0.493 e. The van der Waals surface area contributed by atoms with Crippen LogP contribution >= 0.6 is 0 Å². The van der Waals surface area contributed by atoms with E-state index >= 15 is 0 Å². The Balaban J connectivity index is 1.56. The molecule has 1 aliphatic rings. The predicted molar refractivity (Wildman–Crippen MR) is 114 cm³/mol. The van der Waals surface area contributed by atoms with Gasteiger partial charge >= 0.3 is 0 Å². The average molecular weight is 396 g/mol. The minimum absolute atomic E-state index is 0.179. The Morgan fingerprint density at radius 1 is 1.21 bits per heavy atom. The van der Waals surface area contributed by atoms with E-state index in [4.69, 9.17) is 9.47 Å². The van der Waals surface area contributed by atoms with Crippen molar-refractivity contribution in [2.45, 2.75) is 6.54 Å². The van der Waals surface area contributed by atoms with E-state index in [1.54, 1.807) is 31.4 Å². The fourth-order valence-electron chi connectivity index (χ4n) is 3.11. The van der Waals surface area contributed by atoms with Crippen molar-refractivity contribution < 1.29 is 14.3 Å². The van der Waals surface area contributed by atoms with Gasteiger partial charge in [-0.25, -0.2) is 4.98 Å². The molecule has 1 N–H and O–H groups in total. The Bertz CT molecular complexity index is 830. The molecule has 0 unspecified atom stereocenters. The van der Waals surface area contributed by atoms with Crippen LogP contribution in [0.1, 0.15) is 15.9 Å². The summed E-state index contributed by atoms with van der Waals surface area (Å²) in [6.07, 6.45) is 3.48. The molecular formula is C22H28N4O3. The van der Waals surface area contributed by atoms with Crippen LogP contribution in [-0.4, -0.2) is 62.7 Å². The first-order chi connectivity index (χ1) is 14.1. The molecule has 29 heavy (non-hydrogen) atoms. The van der Waals surface area contributed by atoms with Gasteiger partial charge < -0.3 is 24.6 Å². The van der Waals surface area contributed by atoms with Gasteiger partial charge in [-0.05, 0) is 36.9 Å². The highest BCUT2D eigenvalue weighted by atomic mass is 16.5. The number of nitrogens with zero attached hydrogens (tertiary/aromatic N) is 3. The Hall–Kier alpha value is -3.06. The summed E-state index contributed by atoms with van der Waals surface area (Å²) in [4.78, 5) is 21.7. The molecule has 2 heterocycles. The van der Waals surface area contributed by atoms with Crippen LogP contribution in [-0.2, 0) is 6.54 Å². The molecule has 3 rings (SSSR count). The van der Waals surface area contributed by atoms with Gasteiger partial charge in [0.2, 0.25) is 0 Å². The molecule has 1 amide bonds. The van der Waals surface area contributed by atoms with Gasteiger partial charge in [0, 0.05) is 44.5 Å². The Labute approximate surface area is 171 Å². The van der Waals surface area contributed by atoms with E-state index in [0.29, 0.717) is 30.2 Å².